The summed E-state index contributed by atoms with van der Waals surface area (Å²) in [5.74, 6) is 4.74. The Morgan fingerprint density at radius 1 is 1.00 bits per heavy atom. The van der Waals surface area contributed by atoms with E-state index in [0.29, 0.717) is 12.5 Å². The molecule has 0 aromatic rings. The van der Waals surface area contributed by atoms with Crippen molar-refractivity contribution in [1.82, 2.24) is 0 Å². The summed E-state index contributed by atoms with van der Waals surface area (Å²) in [4.78, 5) is 0. The Balaban J connectivity index is 1.83. The molecule has 0 aromatic carbocycles. The Morgan fingerprint density at radius 3 is 2.67 bits per heavy atom. The Hall–Kier alpha value is -0.0400. The molecule has 5 atom stereocenters. The number of aliphatic hydroxyl groups is 1. The summed E-state index contributed by atoms with van der Waals surface area (Å²) in [6.07, 6.45) is 7.26. The predicted molar refractivity (Wildman–Crippen MR) is 47.6 cm³/mol. The van der Waals surface area contributed by atoms with Crippen LogP contribution in [0, 0.1) is 29.6 Å². The zero-order chi connectivity index (χ0) is 8.13. The molecular formula is C11H18O. The maximum absolute atomic E-state index is 9.21. The fourth-order valence-corrected chi connectivity index (χ4v) is 4.42. The van der Waals surface area contributed by atoms with Gasteiger partial charge in [0, 0.05) is 6.61 Å². The highest BCUT2D eigenvalue weighted by atomic mass is 16.3. The molecule has 12 heavy (non-hydrogen) atoms. The van der Waals surface area contributed by atoms with Gasteiger partial charge in [-0.15, -0.1) is 0 Å². The summed E-state index contributed by atoms with van der Waals surface area (Å²) in [5, 5.41) is 9.21. The molecule has 3 rings (SSSR count). The molecule has 0 heterocycles. The number of fused-ring (bicyclic) bond motifs is 5. The van der Waals surface area contributed by atoms with Crippen molar-refractivity contribution in [3.8, 4) is 0 Å². The molecule has 1 nitrogen and oxygen atoms in total. The van der Waals surface area contributed by atoms with Crippen LogP contribution in [-0.2, 0) is 0 Å². The maximum Gasteiger partial charge on any atom is 0.0462 e. The van der Waals surface area contributed by atoms with Gasteiger partial charge in [0.15, 0.2) is 0 Å². The number of hydrogen-bond acceptors (Lipinski definition) is 1. The van der Waals surface area contributed by atoms with Crippen LogP contribution >= 0.6 is 0 Å². The average Bonchev–Trinajstić information content (AvgIpc) is 2.75. The Kier molecular flexibility index (Phi) is 1.52. The molecule has 1 N–H and O–H groups in total. The zero-order valence-electron chi connectivity index (χ0n) is 7.58. The third-order valence-electron chi connectivity index (χ3n) is 4.80. The third kappa shape index (κ3) is 0.783. The summed E-state index contributed by atoms with van der Waals surface area (Å²) in [5.41, 5.74) is 0. The second-order valence-electron chi connectivity index (χ2n) is 5.10. The minimum absolute atomic E-state index is 0.463. The van der Waals surface area contributed by atoms with Crippen LogP contribution in [0.4, 0.5) is 0 Å². The minimum atomic E-state index is 0.463. The van der Waals surface area contributed by atoms with Gasteiger partial charge in [-0.3, -0.25) is 0 Å². The molecule has 0 amide bonds. The van der Waals surface area contributed by atoms with Gasteiger partial charge in [-0.05, 0) is 55.3 Å². The van der Waals surface area contributed by atoms with Gasteiger partial charge >= 0.3 is 0 Å². The quantitative estimate of drug-likeness (QED) is 0.632. The van der Waals surface area contributed by atoms with Crippen LogP contribution in [0.2, 0.25) is 0 Å². The molecule has 0 spiro atoms. The van der Waals surface area contributed by atoms with E-state index in [9.17, 15) is 5.11 Å². The molecule has 3 fully saturated rings. The van der Waals surface area contributed by atoms with Crippen molar-refractivity contribution in [1.29, 1.82) is 0 Å². The first kappa shape index (κ1) is 7.37. The van der Waals surface area contributed by atoms with Gasteiger partial charge in [0.1, 0.15) is 0 Å². The van der Waals surface area contributed by atoms with Crippen molar-refractivity contribution in [2.45, 2.75) is 32.1 Å². The van der Waals surface area contributed by atoms with E-state index in [0.717, 1.165) is 23.7 Å². The molecule has 1 heteroatoms. The summed E-state index contributed by atoms with van der Waals surface area (Å²) < 4.78 is 0. The van der Waals surface area contributed by atoms with Crippen LogP contribution in [0.1, 0.15) is 32.1 Å². The van der Waals surface area contributed by atoms with Crippen LogP contribution in [0.15, 0.2) is 0 Å². The fourth-order valence-electron chi connectivity index (χ4n) is 4.42. The summed E-state index contributed by atoms with van der Waals surface area (Å²) in [6.45, 7) is 0.463. The maximum atomic E-state index is 9.21. The Morgan fingerprint density at radius 2 is 1.83 bits per heavy atom. The molecule has 0 radical (unpaired) electrons. The Bertz CT molecular complexity index is 187. The lowest BCUT2D eigenvalue weighted by molar-refractivity contribution is 0.121. The first-order chi connectivity index (χ1) is 5.90. The average molecular weight is 166 g/mol. The lowest BCUT2D eigenvalue weighted by Gasteiger charge is -2.30. The fraction of sp³-hybridized carbons (Fsp3) is 1.00. The first-order valence-corrected chi connectivity index (χ1v) is 5.51. The second kappa shape index (κ2) is 2.47. The van der Waals surface area contributed by atoms with E-state index in [1.54, 1.807) is 0 Å². The highest BCUT2D eigenvalue weighted by Crippen LogP contribution is 2.60. The second-order valence-corrected chi connectivity index (χ2v) is 5.10. The number of hydrogen-bond donors (Lipinski definition) is 1. The van der Waals surface area contributed by atoms with Gasteiger partial charge in [-0.25, -0.2) is 0 Å². The van der Waals surface area contributed by atoms with Crippen LogP contribution in [0.3, 0.4) is 0 Å². The summed E-state index contributed by atoms with van der Waals surface area (Å²) in [6, 6.07) is 0. The summed E-state index contributed by atoms with van der Waals surface area (Å²) >= 11 is 0. The van der Waals surface area contributed by atoms with E-state index in [2.05, 4.69) is 0 Å². The van der Waals surface area contributed by atoms with Gasteiger partial charge in [0.05, 0.1) is 0 Å². The van der Waals surface area contributed by atoms with E-state index < -0.39 is 0 Å². The third-order valence-corrected chi connectivity index (χ3v) is 4.80. The lowest BCUT2D eigenvalue weighted by Crippen LogP contribution is -2.26. The van der Waals surface area contributed by atoms with Crippen molar-refractivity contribution in [3.05, 3.63) is 0 Å². The monoisotopic (exact) mass is 166 g/mol. The van der Waals surface area contributed by atoms with Crippen LogP contribution in [-0.4, -0.2) is 11.7 Å². The van der Waals surface area contributed by atoms with Crippen molar-refractivity contribution >= 4 is 0 Å². The van der Waals surface area contributed by atoms with Gasteiger partial charge in [-0.2, -0.15) is 0 Å². The molecule has 3 saturated carbocycles. The number of rotatable bonds is 1. The van der Waals surface area contributed by atoms with E-state index in [-0.39, 0.29) is 0 Å². The molecule has 0 aliphatic heterocycles. The molecule has 0 unspecified atom stereocenters. The number of aliphatic hydroxyl groups excluding tert-OH is 1. The van der Waals surface area contributed by atoms with E-state index >= 15 is 0 Å². The smallest absolute Gasteiger partial charge is 0.0462 e. The predicted octanol–water partition coefficient (Wildman–Crippen LogP) is 2.05. The normalized spacial score (nSPS) is 56.2. The first-order valence-electron chi connectivity index (χ1n) is 5.51. The summed E-state index contributed by atoms with van der Waals surface area (Å²) in [7, 11) is 0. The molecule has 3 aliphatic rings. The van der Waals surface area contributed by atoms with Crippen molar-refractivity contribution < 1.29 is 5.11 Å². The topological polar surface area (TPSA) is 20.2 Å². The van der Waals surface area contributed by atoms with Crippen molar-refractivity contribution in [3.63, 3.8) is 0 Å². The zero-order valence-corrected chi connectivity index (χ0v) is 7.58. The Labute approximate surface area is 74.2 Å². The van der Waals surface area contributed by atoms with Crippen LogP contribution < -0.4 is 0 Å². The van der Waals surface area contributed by atoms with E-state index in [1.165, 1.54) is 32.1 Å². The highest BCUT2D eigenvalue weighted by Gasteiger charge is 2.53. The van der Waals surface area contributed by atoms with Gasteiger partial charge in [-0.1, -0.05) is 6.42 Å². The largest absolute Gasteiger partial charge is 0.396 e. The van der Waals surface area contributed by atoms with Crippen LogP contribution in [0.5, 0.6) is 0 Å². The van der Waals surface area contributed by atoms with Crippen molar-refractivity contribution in [2.75, 3.05) is 6.61 Å². The van der Waals surface area contributed by atoms with Gasteiger partial charge < -0.3 is 5.11 Å². The highest BCUT2D eigenvalue weighted by molar-refractivity contribution is 5.02. The molecule has 2 bridgehead atoms. The lowest BCUT2D eigenvalue weighted by atomic mass is 9.76. The standard InChI is InChI=1S/C11H18O/c12-6-8-4-7-5-11(8)10-3-1-2-9(7)10/h7-12H,1-6H2/t7-,8+,9+,10-,11-/m0/s1. The molecule has 68 valence electrons. The SMILES string of the molecule is OC[C@H]1C[C@H]2C[C@@H]1[C@H]1CCC[C@H]21. The molecule has 0 aromatic heterocycles. The molecule has 3 aliphatic carbocycles. The van der Waals surface area contributed by atoms with E-state index in [1.807, 2.05) is 0 Å². The molecular weight excluding hydrogens is 148 g/mol. The van der Waals surface area contributed by atoms with Crippen molar-refractivity contribution in [2.24, 2.45) is 29.6 Å². The van der Waals surface area contributed by atoms with Crippen LogP contribution in [0.25, 0.3) is 0 Å². The van der Waals surface area contributed by atoms with Gasteiger partial charge in [0.25, 0.3) is 0 Å². The van der Waals surface area contributed by atoms with E-state index in [4.69, 9.17) is 0 Å². The molecule has 0 saturated heterocycles. The minimum Gasteiger partial charge on any atom is -0.396 e. The van der Waals surface area contributed by atoms with Gasteiger partial charge in [0.2, 0.25) is 0 Å².